The fraction of sp³-hybridized carbons (Fsp3) is 1.00. The highest BCUT2D eigenvalue weighted by atomic mass is 32.2. The number of piperidine rings is 1. The molecule has 3 heteroatoms. The lowest BCUT2D eigenvalue weighted by atomic mass is 10.0. The molecule has 1 atom stereocenters. The van der Waals surface area contributed by atoms with Crippen molar-refractivity contribution in [3.05, 3.63) is 0 Å². The van der Waals surface area contributed by atoms with Crippen molar-refractivity contribution in [2.75, 3.05) is 31.6 Å². The van der Waals surface area contributed by atoms with Crippen molar-refractivity contribution in [1.29, 1.82) is 0 Å². The molecule has 84 valence electrons. The molecule has 0 aliphatic carbocycles. The standard InChI is InChI=1S/C11H24N2S/c1-14-9-5-4-8-13-7-3-2-6-11(13)10-12/h11H,2-10,12H2,1H3. The van der Waals surface area contributed by atoms with Crippen molar-refractivity contribution in [2.24, 2.45) is 5.73 Å². The van der Waals surface area contributed by atoms with Crippen LogP contribution in [0.2, 0.25) is 0 Å². The van der Waals surface area contributed by atoms with Gasteiger partial charge in [-0.3, -0.25) is 4.90 Å². The predicted molar refractivity (Wildman–Crippen MR) is 65.9 cm³/mol. The van der Waals surface area contributed by atoms with Gasteiger partial charge in [0.15, 0.2) is 0 Å². The summed E-state index contributed by atoms with van der Waals surface area (Å²) in [7, 11) is 0. The summed E-state index contributed by atoms with van der Waals surface area (Å²) in [5.41, 5.74) is 5.78. The molecular weight excluding hydrogens is 192 g/mol. The Kier molecular flexibility index (Phi) is 6.65. The van der Waals surface area contributed by atoms with Crippen LogP contribution in [0.4, 0.5) is 0 Å². The van der Waals surface area contributed by atoms with Gasteiger partial charge < -0.3 is 5.73 Å². The Morgan fingerprint density at radius 2 is 2.21 bits per heavy atom. The van der Waals surface area contributed by atoms with Crippen LogP contribution in [0.1, 0.15) is 32.1 Å². The minimum atomic E-state index is 0.679. The van der Waals surface area contributed by atoms with Gasteiger partial charge in [0.1, 0.15) is 0 Å². The van der Waals surface area contributed by atoms with Gasteiger partial charge >= 0.3 is 0 Å². The van der Waals surface area contributed by atoms with Gasteiger partial charge in [-0.15, -0.1) is 0 Å². The van der Waals surface area contributed by atoms with Crippen LogP contribution in [0.3, 0.4) is 0 Å². The molecule has 1 unspecified atom stereocenters. The van der Waals surface area contributed by atoms with Crippen molar-refractivity contribution in [3.8, 4) is 0 Å². The highest BCUT2D eigenvalue weighted by Crippen LogP contribution is 2.16. The Hall–Kier alpha value is 0.270. The van der Waals surface area contributed by atoms with Crippen molar-refractivity contribution >= 4 is 11.8 Å². The lowest BCUT2D eigenvalue weighted by Gasteiger charge is -2.34. The summed E-state index contributed by atoms with van der Waals surface area (Å²) in [5, 5.41) is 0. The first kappa shape index (κ1) is 12.3. The minimum Gasteiger partial charge on any atom is -0.329 e. The van der Waals surface area contributed by atoms with Crippen molar-refractivity contribution < 1.29 is 0 Å². The van der Waals surface area contributed by atoms with Gasteiger partial charge in [-0.25, -0.2) is 0 Å². The summed E-state index contributed by atoms with van der Waals surface area (Å²) in [5.74, 6) is 1.31. The maximum atomic E-state index is 5.78. The van der Waals surface area contributed by atoms with E-state index in [-0.39, 0.29) is 0 Å². The lowest BCUT2D eigenvalue weighted by molar-refractivity contribution is 0.151. The summed E-state index contributed by atoms with van der Waals surface area (Å²) in [6.07, 6.45) is 8.96. The Labute approximate surface area is 92.6 Å². The Morgan fingerprint density at radius 1 is 1.36 bits per heavy atom. The summed E-state index contributed by atoms with van der Waals surface area (Å²) < 4.78 is 0. The molecule has 0 aromatic rings. The molecule has 0 aromatic heterocycles. The van der Waals surface area contributed by atoms with Gasteiger partial charge in [0, 0.05) is 12.6 Å². The van der Waals surface area contributed by atoms with E-state index in [0.717, 1.165) is 6.54 Å². The molecule has 1 aliphatic rings. The SMILES string of the molecule is CSCCCCN1CCCCC1CN. The van der Waals surface area contributed by atoms with Crippen LogP contribution < -0.4 is 5.73 Å². The second-order valence-electron chi connectivity index (χ2n) is 4.12. The molecule has 2 N–H and O–H groups in total. The number of unbranched alkanes of at least 4 members (excludes halogenated alkanes) is 1. The zero-order chi connectivity index (χ0) is 10.2. The fourth-order valence-electron chi connectivity index (χ4n) is 2.18. The summed E-state index contributed by atoms with van der Waals surface area (Å²) >= 11 is 1.95. The first-order valence-corrected chi connectivity index (χ1v) is 7.21. The van der Waals surface area contributed by atoms with E-state index in [2.05, 4.69) is 11.2 Å². The fourth-order valence-corrected chi connectivity index (χ4v) is 2.68. The Morgan fingerprint density at radius 3 is 2.93 bits per heavy atom. The summed E-state index contributed by atoms with van der Waals surface area (Å²) in [4.78, 5) is 2.60. The maximum absolute atomic E-state index is 5.78. The van der Waals surface area contributed by atoms with Crippen molar-refractivity contribution in [3.63, 3.8) is 0 Å². The highest BCUT2D eigenvalue weighted by molar-refractivity contribution is 7.98. The molecule has 0 bridgehead atoms. The van der Waals surface area contributed by atoms with Crippen molar-refractivity contribution in [1.82, 2.24) is 4.90 Å². The summed E-state index contributed by atoms with van der Waals surface area (Å²) in [6, 6.07) is 0.679. The smallest absolute Gasteiger partial charge is 0.0218 e. The number of nitrogens with zero attached hydrogens (tertiary/aromatic N) is 1. The molecule has 0 radical (unpaired) electrons. The molecule has 1 fully saturated rings. The molecule has 1 heterocycles. The second-order valence-corrected chi connectivity index (χ2v) is 5.11. The van der Waals surface area contributed by atoms with Crippen LogP contribution in [-0.2, 0) is 0 Å². The molecule has 14 heavy (non-hydrogen) atoms. The van der Waals surface area contributed by atoms with E-state index < -0.39 is 0 Å². The lowest BCUT2D eigenvalue weighted by Crippen LogP contribution is -2.44. The van der Waals surface area contributed by atoms with Crippen LogP contribution in [0, 0.1) is 0 Å². The second kappa shape index (κ2) is 7.55. The largest absolute Gasteiger partial charge is 0.329 e. The van der Waals surface area contributed by atoms with Crippen LogP contribution in [-0.4, -0.2) is 42.6 Å². The van der Waals surface area contributed by atoms with Crippen LogP contribution in [0.25, 0.3) is 0 Å². The molecular formula is C11H24N2S. The molecule has 0 amide bonds. The molecule has 1 rings (SSSR count). The predicted octanol–water partition coefficient (Wildman–Crippen LogP) is 1.94. The van der Waals surface area contributed by atoms with E-state index in [1.807, 2.05) is 11.8 Å². The van der Waals surface area contributed by atoms with Gasteiger partial charge in [0.05, 0.1) is 0 Å². The number of rotatable bonds is 6. The van der Waals surface area contributed by atoms with Gasteiger partial charge in [0.2, 0.25) is 0 Å². The monoisotopic (exact) mass is 216 g/mol. The van der Waals surface area contributed by atoms with Gasteiger partial charge in [0.25, 0.3) is 0 Å². The highest BCUT2D eigenvalue weighted by Gasteiger charge is 2.19. The molecule has 0 saturated carbocycles. The quantitative estimate of drug-likeness (QED) is 0.688. The average Bonchev–Trinajstić information content (AvgIpc) is 2.25. The van der Waals surface area contributed by atoms with Crippen LogP contribution >= 0.6 is 11.8 Å². The van der Waals surface area contributed by atoms with Gasteiger partial charge in [-0.05, 0) is 50.8 Å². The number of hydrogen-bond acceptors (Lipinski definition) is 3. The third-order valence-electron chi connectivity index (χ3n) is 3.06. The topological polar surface area (TPSA) is 29.3 Å². The van der Waals surface area contributed by atoms with E-state index in [0.29, 0.717) is 6.04 Å². The van der Waals surface area contributed by atoms with Crippen LogP contribution in [0.15, 0.2) is 0 Å². The molecule has 1 saturated heterocycles. The van der Waals surface area contributed by atoms with E-state index in [9.17, 15) is 0 Å². The molecule has 1 aliphatic heterocycles. The number of thioether (sulfide) groups is 1. The average molecular weight is 216 g/mol. The third kappa shape index (κ3) is 4.20. The zero-order valence-corrected chi connectivity index (χ0v) is 10.2. The number of hydrogen-bond donors (Lipinski definition) is 1. The number of nitrogens with two attached hydrogens (primary N) is 1. The first-order chi connectivity index (χ1) is 6.88. The van der Waals surface area contributed by atoms with E-state index in [4.69, 9.17) is 5.73 Å². The molecule has 2 nitrogen and oxygen atoms in total. The van der Waals surface area contributed by atoms with E-state index in [1.165, 1.54) is 50.9 Å². The Bertz CT molecular complexity index is 141. The van der Waals surface area contributed by atoms with Gasteiger partial charge in [-0.1, -0.05) is 6.42 Å². The van der Waals surface area contributed by atoms with Crippen molar-refractivity contribution in [2.45, 2.75) is 38.1 Å². The van der Waals surface area contributed by atoms with Crippen LogP contribution in [0.5, 0.6) is 0 Å². The molecule has 0 aromatic carbocycles. The first-order valence-electron chi connectivity index (χ1n) is 5.81. The maximum Gasteiger partial charge on any atom is 0.0218 e. The van der Waals surface area contributed by atoms with Gasteiger partial charge in [-0.2, -0.15) is 11.8 Å². The normalized spacial score (nSPS) is 24.0. The number of likely N-dealkylation sites (tertiary alicyclic amines) is 1. The molecule has 0 spiro atoms. The third-order valence-corrected chi connectivity index (χ3v) is 3.76. The zero-order valence-electron chi connectivity index (χ0n) is 9.37. The Balaban J connectivity index is 2.13. The summed E-state index contributed by atoms with van der Waals surface area (Å²) in [6.45, 7) is 3.39. The van der Waals surface area contributed by atoms with E-state index in [1.54, 1.807) is 0 Å². The minimum absolute atomic E-state index is 0.679. The van der Waals surface area contributed by atoms with E-state index >= 15 is 0 Å².